The van der Waals surface area contributed by atoms with E-state index < -0.39 is 40.6 Å². The summed E-state index contributed by atoms with van der Waals surface area (Å²) in [4.78, 5) is 36.6. The number of carbonyl (C=O) groups is 3. The van der Waals surface area contributed by atoms with Crippen molar-refractivity contribution in [2.75, 3.05) is 0 Å². The van der Waals surface area contributed by atoms with E-state index in [4.69, 9.17) is 14.2 Å². The molecule has 0 N–H and O–H groups in total. The minimum absolute atomic E-state index is 0.834. The van der Waals surface area contributed by atoms with Gasteiger partial charge in [0.15, 0.2) is 0 Å². The molecule has 22 heavy (non-hydrogen) atoms. The summed E-state index contributed by atoms with van der Waals surface area (Å²) in [5, 5.41) is 0. The van der Waals surface area contributed by atoms with E-state index in [0.29, 0.717) is 0 Å². The summed E-state index contributed by atoms with van der Waals surface area (Å²) in [6.45, 7) is 14.8. The Morgan fingerprint density at radius 1 is 0.545 bits per heavy atom. The molecule has 0 saturated carbocycles. The van der Waals surface area contributed by atoms with Crippen LogP contribution in [0.1, 0.15) is 62.3 Å². The van der Waals surface area contributed by atoms with Crippen LogP contribution in [0.3, 0.4) is 0 Å². The molecule has 0 saturated heterocycles. The Bertz CT molecular complexity index is 364. The van der Waals surface area contributed by atoms with Crippen LogP contribution in [-0.2, 0) is 28.6 Å². The number of rotatable bonds is 3. The van der Waals surface area contributed by atoms with E-state index in [1.807, 2.05) is 0 Å². The van der Waals surface area contributed by atoms with Gasteiger partial charge in [0.05, 0.1) is 0 Å². The van der Waals surface area contributed by atoms with E-state index in [2.05, 4.69) is 0 Å². The fourth-order valence-corrected chi connectivity index (χ4v) is 1.37. The molecule has 0 aliphatic heterocycles. The van der Waals surface area contributed by atoms with Gasteiger partial charge in [0.25, 0.3) is 5.92 Å². The lowest BCUT2D eigenvalue weighted by Crippen LogP contribution is -2.43. The molecule has 0 aliphatic rings. The molecule has 0 aromatic heterocycles. The average Bonchev–Trinajstić information content (AvgIpc) is 2.06. The van der Waals surface area contributed by atoms with Crippen LogP contribution in [0.5, 0.6) is 0 Å². The summed E-state index contributed by atoms with van der Waals surface area (Å²) in [5.74, 6) is -4.68. The van der Waals surface area contributed by atoms with E-state index in [-0.39, 0.29) is 0 Å². The molecular formula is C16H28O6. The molecule has 0 aromatic carbocycles. The first-order valence-electron chi connectivity index (χ1n) is 7.20. The van der Waals surface area contributed by atoms with Crippen LogP contribution in [0, 0.1) is 5.92 Å². The van der Waals surface area contributed by atoms with E-state index in [0.717, 1.165) is 0 Å². The Kier molecular flexibility index (Phi) is 6.19. The highest BCUT2D eigenvalue weighted by Crippen LogP contribution is 2.20. The topological polar surface area (TPSA) is 78.9 Å². The SMILES string of the molecule is CC(C)(C)OC(=O)C(C(=O)OC(C)(C)C)C(=O)OC(C)(C)C. The number of esters is 3. The molecule has 0 heterocycles. The molecule has 128 valence electrons. The highest BCUT2D eigenvalue weighted by molar-refractivity contribution is 6.12. The van der Waals surface area contributed by atoms with Gasteiger partial charge < -0.3 is 14.2 Å². The number of hydrogen-bond acceptors (Lipinski definition) is 6. The highest BCUT2D eigenvalue weighted by Gasteiger charge is 2.43. The third-order valence-corrected chi connectivity index (χ3v) is 1.93. The standard InChI is InChI=1S/C16H28O6/c1-14(2,3)20-11(17)10(12(18)21-15(4,5)6)13(19)22-16(7,8)9/h10H,1-9H3. The third-order valence-electron chi connectivity index (χ3n) is 1.93. The first-order chi connectivity index (χ1) is 9.52. The number of hydrogen-bond donors (Lipinski definition) is 0. The van der Waals surface area contributed by atoms with Gasteiger partial charge in [0.1, 0.15) is 16.8 Å². The fraction of sp³-hybridized carbons (Fsp3) is 0.812. The summed E-state index contributed by atoms with van der Waals surface area (Å²) < 4.78 is 15.4. The summed E-state index contributed by atoms with van der Waals surface area (Å²) >= 11 is 0. The van der Waals surface area contributed by atoms with Gasteiger partial charge in [0.2, 0.25) is 0 Å². The third kappa shape index (κ3) is 8.64. The lowest BCUT2D eigenvalue weighted by molar-refractivity contribution is -0.185. The van der Waals surface area contributed by atoms with Crippen molar-refractivity contribution in [1.29, 1.82) is 0 Å². The largest absolute Gasteiger partial charge is 0.459 e. The Morgan fingerprint density at radius 3 is 0.864 bits per heavy atom. The molecule has 0 aliphatic carbocycles. The van der Waals surface area contributed by atoms with E-state index in [1.54, 1.807) is 62.3 Å². The zero-order chi connectivity index (χ0) is 17.9. The Balaban J connectivity index is 5.36. The second-order valence-corrected chi connectivity index (χ2v) is 8.03. The van der Waals surface area contributed by atoms with Gasteiger partial charge in [-0.25, -0.2) is 0 Å². The first kappa shape index (κ1) is 20.4. The normalized spacial score (nSPS) is 12.8. The fourth-order valence-electron chi connectivity index (χ4n) is 1.37. The van der Waals surface area contributed by atoms with Crippen molar-refractivity contribution in [3.63, 3.8) is 0 Å². The lowest BCUT2D eigenvalue weighted by Gasteiger charge is -2.27. The molecular weight excluding hydrogens is 288 g/mol. The maximum absolute atomic E-state index is 12.2. The van der Waals surface area contributed by atoms with Crippen LogP contribution >= 0.6 is 0 Å². The van der Waals surface area contributed by atoms with Gasteiger partial charge in [-0.05, 0) is 62.3 Å². The molecule has 6 nitrogen and oxygen atoms in total. The molecule has 0 amide bonds. The smallest absolute Gasteiger partial charge is 0.332 e. The van der Waals surface area contributed by atoms with E-state index in [9.17, 15) is 14.4 Å². The predicted molar refractivity (Wildman–Crippen MR) is 81.0 cm³/mol. The Labute approximate surface area is 132 Å². The maximum atomic E-state index is 12.2. The predicted octanol–water partition coefficient (Wildman–Crippen LogP) is 2.63. The molecule has 0 rings (SSSR count). The van der Waals surface area contributed by atoms with Crippen molar-refractivity contribution in [2.45, 2.75) is 79.1 Å². The molecule has 0 bridgehead atoms. The van der Waals surface area contributed by atoms with Crippen LogP contribution in [0.15, 0.2) is 0 Å². The number of carbonyl (C=O) groups excluding carboxylic acids is 3. The van der Waals surface area contributed by atoms with Gasteiger partial charge in [-0.15, -0.1) is 0 Å². The van der Waals surface area contributed by atoms with Crippen molar-refractivity contribution in [2.24, 2.45) is 5.92 Å². The molecule has 0 radical (unpaired) electrons. The van der Waals surface area contributed by atoms with Crippen LogP contribution < -0.4 is 0 Å². The monoisotopic (exact) mass is 316 g/mol. The second-order valence-electron chi connectivity index (χ2n) is 8.03. The minimum Gasteiger partial charge on any atom is -0.459 e. The zero-order valence-electron chi connectivity index (χ0n) is 15.0. The Morgan fingerprint density at radius 2 is 0.727 bits per heavy atom. The Hall–Kier alpha value is -1.59. The molecule has 0 aromatic rings. The van der Waals surface area contributed by atoms with Gasteiger partial charge in [-0.3, -0.25) is 14.4 Å². The van der Waals surface area contributed by atoms with Gasteiger partial charge >= 0.3 is 17.9 Å². The lowest BCUT2D eigenvalue weighted by atomic mass is 10.1. The van der Waals surface area contributed by atoms with Crippen molar-refractivity contribution in [3.8, 4) is 0 Å². The van der Waals surface area contributed by atoms with Gasteiger partial charge in [-0.2, -0.15) is 0 Å². The van der Waals surface area contributed by atoms with Gasteiger partial charge in [-0.1, -0.05) is 0 Å². The average molecular weight is 316 g/mol. The summed E-state index contributed by atoms with van der Waals surface area (Å²) in [6.07, 6.45) is 0. The highest BCUT2D eigenvalue weighted by atomic mass is 16.6. The van der Waals surface area contributed by atoms with E-state index in [1.165, 1.54) is 0 Å². The van der Waals surface area contributed by atoms with Crippen LogP contribution in [0.2, 0.25) is 0 Å². The molecule has 0 spiro atoms. The van der Waals surface area contributed by atoms with Gasteiger partial charge in [0, 0.05) is 0 Å². The maximum Gasteiger partial charge on any atom is 0.332 e. The van der Waals surface area contributed by atoms with Crippen LogP contribution in [-0.4, -0.2) is 34.7 Å². The number of ether oxygens (including phenoxy) is 3. The van der Waals surface area contributed by atoms with E-state index >= 15 is 0 Å². The van der Waals surface area contributed by atoms with Crippen LogP contribution in [0.25, 0.3) is 0 Å². The van der Waals surface area contributed by atoms with Crippen molar-refractivity contribution >= 4 is 17.9 Å². The van der Waals surface area contributed by atoms with Crippen molar-refractivity contribution < 1.29 is 28.6 Å². The summed E-state index contributed by atoms with van der Waals surface area (Å²) in [5.41, 5.74) is -2.50. The summed E-state index contributed by atoms with van der Waals surface area (Å²) in [6, 6.07) is 0. The summed E-state index contributed by atoms with van der Waals surface area (Å²) in [7, 11) is 0. The quantitative estimate of drug-likeness (QED) is 0.452. The second kappa shape index (κ2) is 6.67. The first-order valence-corrected chi connectivity index (χ1v) is 7.20. The minimum atomic E-state index is -1.75. The molecule has 0 unspecified atom stereocenters. The molecule has 0 atom stereocenters. The molecule has 6 heteroatoms. The van der Waals surface area contributed by atoms with Crippen LogP contribution in [0.4, 0.5) is 0 Å². The zero-order valence-corrected chi connectivity index (χ0v) is 15.0. The molecule has 0 fully saturated rings. The van der Waals surface area contributed by atoms with Crippen molar-refractivity contribution in [1.82, 2.24) is 0 Å². The van der Waals surface area contributed by atoms with Crippen molar-refractivity contribution in [3.05, 3.63) is 0 Å².